The van der Waals surface area contributed by atoms with Crippen LogP contribution < -0.4 is 10.3 Å². The van der Waals surface area contributed by atoms with Gasteiger partial charge in [0.1, 0.15) is 5.75 Å². The van der Waals surface area contributed by atoms with E-state index >= 15 is 0 Å². The fourth-order valence-corrected chi connectivity index (χ4v) is 4.97. The number of piperidine rings is 1. The number of pyridine rings is 1. The summed E-state index contributed by atoms with van der Waals surface area (Å²) in [6.45, 7) is 2.85. The van der Waals surface area contributed by atoms with Crippen molar-refractivity contribution in [3.63, 3.8) is 0 Å². The number of nitrogens with zero attached hydrogens (tertiary/aromatic N) is 3. The second-order valence-electron chi connectivity index (χ2n) is 8.18. The van der Waals surface area contributed by atoms with E-state index in [0.717, 1.165) is 41.9 Å². The van der Waals surface area contributed by atoms with Gasteiger partial charge in [0.05, 0.1) is 7.11 Å². The minimum atomic E-state index is 0.0769. The normalized spacial score (nSPS) is 20.5. The quantitative estimate of drug-likeness (QED) is 0.687. The van der Waals surface area contributed by atoms with Crippen LogP contribution in [0, 0.1) is 5.92 Å². The molecule has 3 aromatic rings. The predicted molar refractivity (Wildman–Crippen MR) is 111 cm³/mol. The van der Waals surface area contributed by atoms with Crippen molar-refractivity contribution in [2.24, 2.45) is 5.92 Å². The number of ether oxygens (including phenoxy) is 1. The zero-order valence-corrected chi connectivity index (χ0v) is 16.6. The Labute approximate surface area is 169 Å². The molecule has 0 aliphatic carbocycles. The standard InChI is InChI=1S/C23H25N3O3/c1-29-19-5-6-20-17(12-19)7-9-24(20)10-8-22(27)25-13-16-11-18(15-25)21-3-2-4-23(28)26(21)14-16/h2-7,9,12,16,18H,8,10-11,13-15H2,1H3/t16-,18+/m1/s1. The van der Waals surface area contributed by atoms with Crippen LogP contribution in [-0.4, -0.2) is 40.1 Å². The minimum absolute atomic E-state index is 0.0769. The van der Waals surface area contributed by atoms with E-state index in [-0.39, 0.29) is 17.4 Å². The molecule has 1 amide bonds. The summed E-state index contributed by atoms with van der Waals surface area (Å²) in [6, 6.07) is 13.6. The van der Waals surface area contributed by atoms with Crippen LogP contribution in [0.25, 0.3) is 10.9 Å². The molecule has 0 saturated carbocycles. The van der Waals surface area contributed by atoms with Crippen LogP contribution in [0.1, 0.15) is 24.5 Å². The molecule has 150 valence electrons. The first-order chi connectivity index (χ1) is 14.1. The molecule has 0 N–H and O–H groups in total. The van der Waals surface area contributed by atoms with Gasteiger partial charge in [-0.25, -0.2) is 0 Å². The van der Waals surface area contributed by atoms with Crippen molar-refractivity contribution >= 4 is 16.8 Å². The third-order valence-electron chi connectivity index (χ3n) is 6.38. The Morgan fingerprint density at radius 2 is 2.03 bits per heavy atom. The number of hydrogen-bond donors (Lipinski definition) is 0. The molecule has 5 rings (SSSR count). The van der Waals surface area contributed by atoms with E-state index in [9.17, 15) is 9.59 Å². The average molecular weight is 391 g/mol. The number of aromatic nitrogens is 2. The number of amides is 1. The highest BCUT2D eigenvalue weighted by Crippen LogP contribution is 2.35. The molecule has 2 bridgehead atoms. The van der Waals surface area contributed by atoms with Gasteiger partial charge in [-0.05, 0) is 42.7 Å². The molecule has 6 heteroatoms. The topological polar surface area (TPSA) is 56.5 Å². The molecule has 2 aliphatic rings. The van der Waals surface area contributed by atoms with Gasteiger partial charge in [-0.3, -0.25) is 9.59 Å². The number of carbonyl (C=O) groups excluding carboxylic acids is 1. The van der Waals surface area contributed by atoms with Crippen molar-refractivity contribution in [3.05, 3.63) is 64.7 Å². The van der Waals surface area contributed by atoms with Crippen molar-refractivity contribution in [2.75, 3.05) is 20.2 Å². The first-order valence-corrected chi connectivity index (χ1v) is 10.2. The lowest BCUT2D eigenvalue weighted by Gasteiger charge is -2.42. The summed E-state index contributed by atoms with van der Waals surface area (Å²) in [4.78, 5) is 27.1. The Bertz CT molecular complexity index is 1130. The van der Waals surface area contributed by atoms with E-state index in [2.05, 4.69) is 10.6 Å². The number of methoxy groups -OCH3 is 1. The second kappa shape index (κ2) is 7.10. The number of likely N-dealkylation sites (tertiary alicyclic amines) is 1. The predicted octanol–water partition coefficient (Wildman–Crippen LogP) is 2.85. The van der Waals surface area contributed by atoms with Crippen LogP contribution in [0.2, 0.25) is 0 Å². The van der Waals surface area contributed by atoms with Crippen molar-refractivity contribution in [1.82, 2.24) is 14.0 Å². The number of benzene rings is 1. The molecular formula is C23H25N3O3. The summed E-state index contributed by atoms with van der Waals surface area (Å²) in [6.07, 6.45) is 3.58. The lowest BCUT2D eigenvalue weighted by atomic mass is 9.83. The fourth-order valence-electron chi connectivity index (χ4n) is 4.97. The molecule has 0 radical (unpaired) electrons. The number of fused-ring (bicyclic) bond motifs is 5. The van der Waals surface area contributed by atoms with Crippen molar-refractivity contribution in [2.45, 2.75) is 31.8 Å². The van der Waals surface area contributed by atoms with Gasteiger partial charge in [0.15, 0.2) is 0 Å². The van der Waals surface area contributed by atoms with Crippen LogP contribution >= 0.6 is 0 Å². The number of hydrogen-bond acceptors (Lipinski definition) is 3. The highest BCUT2D eigenvalue weighted by atomic mass is 16.5. The number of aryl methyl sites for hydroxylation is 1. The first-order valence-electron chi connectivity index (χ1n) is 10.2. The van der Waals surface area contributed by atoms with Gasteiger partial charge in [0.2, 0.25) is 5.91 Å². The van der Waals surface area contributed by atoms with Gasteiger partial charge in [0.25, 0.3) is 5.56 Å². The maximum atomic E-state index is 13.0. The Morgan fingerprint density at radius 3 is 2.90 bits per heavy atom. The smallest absolute Gasteiger partial charge is 0.250 e. The van der Waals surface area contributed by atoms with Crippen LogP contribution in [0.5, 0.6) is 5.75 Å². The SMILES string of the molecule is COc1ccc2c(ccn2CCC(=O)N2C[C@H]3C[C@@H](C2)c2cccc(=O)n2C3)c1. The summed E-state index contributed by atoms with van der Waals surface area (Å²) in [5.41, 5.74) is 2.27. The second-order valence-corrected chi connectivity index (χ2v) is 8.18. The molecule has 1 aromatic carbocycles. The molecule has 2 atom stereocenters. The molecule has 1 fully saturated rings. The molecule has 0 spiro atoms. The summed E-state index contributed by atoms with van der Waals surface area (Å²) in [5, 5.41) is 1.12. The highest BCUT2D eigenvalue weighted by Gasteiger charge is 2.35. The summed E-state index contributed by atoms with van der Waals surface area (Å²) in [7, 11) is 1.67. The van der Waals surface area contributed by atoms with Gasteiger partial charge in [-0.15, -0.1) is 0 Å². The van der Waals surface area contributed by atoms with Gasteiger partial charge < -0.3 is 18.8 Å². The lowest BCUT2D eigenvalue weighted by molar-refractivity contribution is -0.134. The summed E-state index contributed by atoms with van der Waals surface area (Å²) >= 11 is 0. The lowest BCUT2D eigenvalue weighted by Crippen LogP contribution is -2.49. The fraction of sp³-hybridized carbons (Fsp3) is 0.391. The maximum Gasteiger partial charge on any atom is 0.250 e. The molecule has 2 aromatic heterocycles. The Kier molecular flexibility index (Phi) is 4.42. The summed E-state index contributed by atoms with van der Waals surface area (Å²) in [5.74, 6) is 1.66. The highest BCUT2D eigenvalue weighted by molar-refractivity contribution is 5.82. The molecular weight excluding hydrogens is 366 g/mol. The monoisotopic (exact) mass is 391 g/mol. The third kappa shape index (κ3) is 3.22. The van der Waals surface area contributed by atoms with Gasteiger partial charge in [-0.2, -0.15) is 0 Å². The van der Waals surface area contributed by atoms with E-state index in [1.807, 2.05) is 46.0 Å². The van der Waals surface area contributed by atoms with Crippen molar-refractivity contribution in [1.29, 1.82) is 0 Å². The zero-order chi connectivity index (χ0) is 20.0. The van der Waals surface area contributed by atoms with Crippen LogP contribution in [0.3, 0.4) is 0 Å². The summed E-state index contributed by atoms with van der Waals surface area (Å²) < 4.78 is 9.32. The van der Waals surface area contributed by atoms with Crippen molar-refractivity contribution < 1.29 is 9.53 Å². The Morgan fingerprint density at radius 1 is 1.14 bits per heavy atom. The largest absolute Gasteiger partial charge is 0.497 e. The molecule has 2 aliphatic heterocycles. The minimum Gasteiger partial charge on any atom is -0.497 e. The maximum absolute atomic E-state index is 13.0. The van der Waals surface area contributed by atoms with E-state index in [0.29, 0.717) is 25.4 Å². The molecule has 0 unspecified atom stereocenters. The zero-order valence-electron chi connectivity index (χ0n) is 16.6. The van der Waals surface area contributed by atoms with Gasteiger partial charge >= 0.3 is 0 Å². The van der Waals surface area contributed by atoms with E-state index in [4.69, 9.17) is 4.74 Å². The average Bonchev–Trinajstić information content (AvgIpc) is 3.14. The van der Waals surface area contributed by atoms with E-state index < -0.39 is 0 Å². The van der Waals surface area contributed by atoms with E-state index in [1.165, 1.54) is 0 Å². The molecule has 6 nitrogen and oxygen atoms in total. The van der Waals surface area contributed by atoms with Crippen LogP contribution in [0.15, 0.2) is 53.5 Å². The molecule has 1 saturated heterocycles. The van der Waals surface area contributed by atoms with Crippen LogP contribution in [0.4, 0.5) is 0 Å². The number of carbonyl (C=O) groups is 1. The Hall–Kier alpha value is -3.02. The van der Waals surface area contributed by atoms with E-state index in [1.54, 1.807) is 13.2 Å². The van der Waals surface area contributed by atoms with Gasteiger partial charge in [-0.1, -0.05) is 6.07 Å². The van der Waals surface area contributed by atoms with Crippen molar-refractivity contribution in [3.8, 4) is 5.75 Å². The molecule has 29 heavy (non-hydrogen) atoms. The number of rotatable bonds is 4. The van der Waals surface area contributed by atoms with Crippen LogP contribution in [-0.2, 0) is 17.9 Å². The molecule has 4 heterocycles. The Balaban J connectivity index is 1.28. The third-order valence-corrected chi connectivity index (χ3v) is 6.38. The van der Waals surface area contributed by atoms with Gasteiger partial charge in [0, 0.05) is 67.4 Å². The first kappa shape index (κ1) is 18.0.